The number of H-pyrrole nitrogens is 1. The van der Waals surface area contributed by atoms with Gasteiger partial charge in [0.2, 0.25) is 0 Å². The Morgan fingerprint density at radius 2 is 2.36 bits per heavy atom. The van der Waals surface area contributed by atoms with Gasteiger partial charge in [0.15, 0.2) is 5.82 Å². The maximum absolute atomic E-state index is 9.24. The average Bonchev–Trinajstić information content (AvgIpc) is 3.26. The number of nitrogen functional groups attached to an aromatic ring is 1. The third-order valence-corrected chi connectivity index (χ3v) is 3.96. The van der Waals surface area contributed by atoms with E-state index in [0.29, 0.717) is 11.3 Å². The molecule has 22 heavy (non-hydrogen) atoms. The monoisotopic (exact) mass is 301 g/mol. The van der Waals surface area contributed by atoms with E-state index in [4.69, 9.17) is 10.5 Å². The summed E-state index contributed by atoms with van der Waals surface area (Å²) in [6.45, 7) is 0.0221. The molecule has 1 saturated heterocycles. The molecular formula is C13H15N7O2. The molecule has 3 aromatic rings. The lowest BCUT2D eigenvalue weighted by molar-refractivity contribution is 0.00856. The van der Waals surface area contributed by atoms with Gasteiger partial charge < -0.3 is 15.6 Å². The normalized spacial score (nSPS) is 21.7. The van der Waals surface area contributed by atoms with Crippen LogP contribution in [0.5, 0.6) is 0 Å². The van der Waals surface area contributed by atoms with Crippen molar-refractivity contribution < 1.29 is 9.84 Å². The third-order valence-electron chi connectivity index (χ3n) is 3.96. The van der Waals surface area contributed by atoms with E-state index in [2.05, 4.69) is 25.5 Å². The van der Waals surface area contributed by atoms with Gasteiger partial charge >= 0.3 is 0 Å². The van der Waals surface area contributed by atoms with Gasteiger partial charge in [-0.3, -0.25) is 5.10 Å². The summed E-state index contributed by atoms with van der Waals surface area (Å²) < 4.78 is 7.60. The first kappa shape index (κ1) is 13.2. The van der Waals surface area contributed by atoms with Crippen LogP contribution < -0.4 is 5.73 Å². The fourth-order valence-electron chi connectivity index (χ4n) is 2.91. The number of nitrogens with two attached hydrogens (primary N) is 1. The zero-order chi connectivity index (χ0) is 15.1. The number of hydrogen-bond donors (Lipinski definition) is 3. The van der Waals surface area contributed by atoms with Crippen LogP contribution in [0.25, 0.3) is 16.8 Å². The summed E-state index contributed by atoms with van der Waals surface area (Å²) in [4.78, 5) is 4.06. The minimum absolute atomic E-state index is 0.0221. The highest BCUT2D eigenvalue weighted by Crippen LogP contribution is 2.37. The Morgan fingerprint density at radius 3 is 3.09 bits per heavy atom. The molecule has 0 saturated carbocycles. The van der Waals surface area contributed by atoms with Crippen LogP contribution in [0.4, 0.5) is 5.82 Å². The molecule has 9 nitrogen and oxygen atoms in total. The van der Waals surface area contributed by atoms with E-state index < -0.39 is 0 Å². The minimum Gasteiger partial charge on any atom is -0.394 e. The molecule has 0 aromatic carbocycles. The van der Waals surface area contributed by atoms with Crippen molar-refractivity contribution in [3.63, 3.8) is 0 Å². The Hall–Kier alpha value is -2.52. The fourth-order valence-corrected chi connectivity index (χ4v) is 2.91. The van der Waals surface area contributed by atoms with Gasteiger partial charge in [-0.1, -0.05) is 5.21 Å². The second-order valence-corrected chi connectivity index (χ2v) is 5.27. The zero-order valence-electron chi connectivity index (χ0n) is 11.7. The molecule has 0 radical (unpaired) electrons. The Bertz CT molecular complexity index is 798. The molecule has 0 unspecified atom stereocenters. The van der Waals surface area contributed by atoms with Crippen LogP contribution in [0.1, 0.15) is 24.6 Å². The van der Waals surface area contributed by atoms with Crippen LogP contribution in [-0.2, 0) is 4.74 Å². The smallest absolute Gasteiger partial charge is 0.152 e. The summed E-state index contributed by atoms with van der Waals surface area (Å²) in [5, 5.41) is 23.9. The SMILES string of the molecule is Nc1ncnn2c([C@H]3CC[C@@H](CO)O3)cc(-c3cnn[nH]3)c12. The van der Waals surface area contributed by atoms with Crippen LogP contribution in [-0.4, -0.2) is 47.8 Å². The number of nitrogens with zero attached hydrogens (tertiary/aromatic N) is 5. The van der Waals surface area contributed by atoms with Gasteiger partial charge in [0.05, 0.1) is 30.3 Å². The first-order chi connectivity index (χ1) is 10.8. The maximum Gasteiger partial charge on any atom is 0.152 e. The van der Waals surface area contributed by atoms with E-state index >= 15 is 0 Å². The highest BCUT2D eigenvalue weighted by molar-refractivity contribution is 5.86. The second kappa shape index (κ2) is 5.04. The van der Waals surface area contributed by atoms with E-state index in [0.717, 1.165) is 29.8 Å². The van der Waals surface area contributed by atoms with Gasteiger partial charge in [0.25, 0.3) is 0 Å². The highest BCUT2D eigenvalue weighted by Gasteiger charge is 2.30. The second-order valence-electron chi connectivity index (χ2n) is 5.27. The van der Waals surface area contributed by atoms with Crippen molar-refractivity contribution in [2.75, 3.05) is 12.3 Å². The number of aromatic amines is 1. The van der Waals surface area contributed by atoms with Crippen molar-refractivity contribution >= 4 is 11.3 Å². The highest BCUT2D eigenvalue weighted by atomic mass is 16.5. The topological polar surface area (TPSA) is 127 Å². The Labute approximate surface area is 125 Å². The van der Waals surface area contributed by atoms with Crippen molar-refractivity contribution in [1.29, 1.82) is 0 Å². The van der Waals surface area contributed by atoms with Gasteiger partial charge in [-0.2, -0.15) is 5.10 Å². The van der Waals surface area contributed by atoms with Crippen molar-refractivity contribution in [3.05, 3.63) is 24.3 Å². The lowest BCUT2D eigenvalue weighted by Crippen LogP contribution is -2.12. The van der Waals surface area contributed by atoms with Crippen LogP contribution >= 0.6 is 0 Å². The molecule has 0 bridgehead atoms. The van der Waals surface area contributed by atoms with Crippen molar-refractivity contribution in [2.45, 2.75) is 25.0 Å². The van der Waals surface area contributed by atoms with Crippen LogP contribution in [0.3, 0.4) is 0 Å². The van der Waals surface area contributed by atoms with Crippen molar-refractivity contribution in [2.24, 2.45) is 0 Å². The predicted octanol–water partition coefficient (Wildman–Crippen LogP) is 0.309. The molecule has 3 aromatic heterocycles. The van der Waals surface area contributed by atoms with Gasteiger partial charge in [-0.15, -0.1) is 5.10 Å². The number of ether oxygens (including phenoxy) is 1. The van der Waals surface area contributed by atoms with Crippen molar-refractivity contribution in [3.8, 4) is 11.3 Å². The number of aliphatic hydroxyl groups excluding tert-OH is 1. The van der Waals surface area contributed by atoms with E-state index in [1.54, 1.807) is 10.7 Å². The first-order valence-electron chi connectivity index (χ1n) is 7.02. The van der Waals surface area contributed by atoms with E-state index in [1.165, 1.54) is 6.33 Å². The molecule has 2 atom stereocenters. The number of rotatable bonds is 3. The molecule has 4 rings (SSSR count). The third kappa shape index (κ3) is 1.94. The van der Waals surface area contributed by atoms with Gasteiger partial charge in [0.1, 0.15) is 17.9 Å². The lowest BCUT2D eigenvalue weighted by atomic mass is 10.1. The van der Waals surface area contributed by atoms with Crippen LogP contribution in [0.15, 0.2) is 18.6 Å². The number of anilines is 1. The Balaban J connectivity index is 1.88. The molecule has 0 aliphatic carbocycles. The zero-order valence-corrected chi connectivity index (χ0v) is 11.7. The number of hydrogen-bond acceptors (Lipinski definition) is 7. The summed E-state index contributed by atoms with van der Waals surface area (Å²) in [5.74, 6) is 0.377. The minimum atomic E-state index is -0.136. The summed E-state index contributed by atoms with van der Waals surface area (Å²) >= 11 is 0. The van der Waals surface area contributed by atoms with E-state index in [-0.39, 0.29) is 18.8 Å². The van der Waals surface area contributed by atoms with E-state index in [9.17, 15) is 5.11 Å². The summed E-state index contributed by atoms with van der Waals surface area (Å²) in [6.07, 6.45) is 4.41. The molecule has 0 amide bonds. The van der Waals surface area contributed by atoms with E-state index in [1.807, 2.05) is 6.07 Å². The number of aliphatic hydroxyl groups is 1. The molecule has 1 aliphatic heterocycles. The quantitative estimate of drug-likeness (QED) is 0.635. The summed E-state index contributed by atoms with van der Waals surface area (Å²) in [5.41, 5.74) is 9.16. The molecule has 1 aliphatic rings. The Morgan fingerprint density at radius 1 is 1.45 bits per heavy atom. The maximum atomic E-state index is 9.24. The number of fused-ring (bicyclic) bond motifs is 1. The molecule has 0 spiro atoms. The molecular weight excluding hydrogens is 286 g/mol. The molecule has 4 heterocycles. The fraction of sp³-hybridized carbons (Fsp3) is 0.385. The van der Waals surface area contributed by atoms with Gasteiger partial charge in [0, 0.05) is 5.56 Å². The largest absolute Gasteiger partial charge is 0.394 e. The number of aromatic nitrogens is 6. The first-order valence-corrected chi connectivity index (χ1v) is 7.02. The molecule has 114 valence electrons. The van der Waals surface area contributed by atoms with Gasteiger partial charge in [-0.25, -0.2) is 9.50 Å². The predicted molar refractivity (Wildman–Crippen MR) is 76.7 cm³/mol. The van der Waals surface area contributed by atoms with Crippen molar-refractivity contribution in [1.82, 2.24) is 30.0 Å². The number of nitrogens with one attached hydrogen (secondary N) is 1. The molecule has 1 fully saturated rings. The molecule has 9 heteroatoms. The summed E-state index contributed by atoms with van der Waals surface area (Å²) in [6, 6.07) is 1.96. The lowest BCUT2D eigenvalue weighted by Gasteiger charge is -2.11. The van der Waals surface area contributed by atoms with Crippen LogP contribution in [0.2, 0.25) is 0 Å². The standard InChI is InChI=1S/C13H15N7O2/c14-13-12-8(9-4-16-19-18-9)3-10(20(12)17-6-15-13)11-2-1-7(5-21)22-11/h3-4,6-7,11,21H,1-2,5H2,(H2,14,15,17)(H,16,18,19)/t7-,11+/m0/s1. The molecule has 4 N–H and O–H groups in total. The average molecular weight is 301 g/mol. The van der Waals surface area contributed by atoms with Gasteiger partial charge in [-0.05, 0) is 18.9 Å². The van der Waals surface area contributed by atoms with Crippen LogP contribution in [0, 0.1) is 0 Å². The summed E-state index contributed by atoms with van der Waals surface area (Å²) in [7, 11) is 0. The Kier molecular flexibility index (Phi) is 3.01.